The number of nitrogens with zero attached hydrogens (tertiary/aromatic N) is 2. The van der Waals surface area contributed by atoms with Gasteiger partial charge in [-0.15, -0.1) is 0 Å². The molecule has 1 aliphatic rings. The Kier molecular flexibility index (Phi) is 4.85. The molecule has 3 rings (SSSR count). The molecule has 2 aromatic rings. The van der Waals surface area contributed by atoms with Gasteiger partial charge in [0.25, 0.3) is 5.91 Å². The van der Waals surface area contributed by atoms with Crippen LogP contribution in [0.3, 0.4) is 0 Å². The van der Waals surface area contributed by atoms with Crippen molar-refractivity contribution >= 4 is 5.91 Å². The second kappa shape index (κ2) is 7.06. The number of benzene rings is 1. The molecule has 0 aliphatic carbocycles. The Morgan fingerprint density at radius 2 is 2.12 bits per heavy atom. The summed E-state index contributed by atoms with van der Waals surface area (Å²) in [5.41, 5.74) is -0.333. The van der Waals surface area contributed by atoms with Gasteiger partial charge in [0.2, 0.25) is 0 Å². The van der Waals surface area contributed by atoms with E-state index in [-0.39, 0.29) is 11.6 Å². The van der Waals surface area contributed by atoms with Crippen LogP contribution in [0.15, 0.2) is 41.2 Å². The smallest absolute Gasteiger partial charge is 0.345 e. The topological polar surface area (TPSA) is 84.5 Å². The second-order valence-electron chi connectivity index (χ2n) is 6.22. The zero-order valence-electron chi connectivity index (χ0n) is 14.3. The second-order valence-corrected chi connectivity index (χ2v) is 6.22. The number of H-pyrrole nitrogens is 1. The summed E-state index contributed by atoms with van der Waals surface area (Å²) in [7, 11) is 1.62. The van der Waals surface area contributed by atoms with Crippen molar-refractivity contribution in [3.05, 3.63) is 58.3 Å². The van der Waals surface area contributed by atoms with Crippen LogP contribution >= 0.6 is 0 Å². The number of hydrogen-bond acceptors (Lipinski definition) is 5. The Bertz CT molecular complexity index is 805. The Hall–Kier alpha value is -2.67. The van der Waals surface area contributed by atoms with E-state index >= 15 is 0 Å². The fourth-order valence-corrected chi connectivity index (χ4v) is 2.94. The van der Waals surface area contributed by atoms with Crippen LogP contribution in [-0.4, -0.2) is 53.2 Å². The van der Waals surface area contributed by atoms with Crippen LogP contribution in [0.1, 0.15) is 22.6 Å². The number of nitrogens with one attached hydrogen (secondary N) is 1. The molecular weight excluding hydrogens is 322 g/mol. The number of aryl methyl sites for hydroxylation is 1. The van der Waals surface area contributed by atoms with E-state index in [4.69, 9.17) is 9.47 Å². The molecule has 1 fully saturated rings. The van der Waals surface area contributed by atoms with Crippen LogP contribution in [0.5, 0.6) is 5.75 Å². The van der Waals surface area contributed by atoms with Crippen molar-refractivity contribution in [3.8, 4) is 5.75 Å². The molecule has 1 amide bonds. The zero-order chi connectivity index (χ0) is 17.9. The third-order valence-corrected chi connectivity index (χ3v) is 4.38. The summed E-state index contributed by atoms with van der Waals surface area (Å²) < 4.78 is 11.5. The normalized spacial score (nSPS) is 19.8. The number of para-hydroxylation sites is 1. The molecule has 0 bridgehead atoms. The fraction of sp³-hybridized carbons (Fsp3) is 0.389. The molecule has 1 aromatic carbocycles. The van der Waals surface area contributed by atoms with Gasteiger partial charge >= 0.3 is 5.69 Å². The average molecular weight is 343 g/mol. The lowest BCUT2D eigenvalue weighted by Crippen LogP contribution is -2.42. The lowest BCUT2D eigenvalue weighted by atomic mass is 10.0. The molecule has 25 heavy (non-hydrogen) atoms. The molecule has 0 saturated carbocycles. The summed E-state index contributed by atoms with van der Waals surface area (Å²) >= 11 is 0. The summed E-state index contributed by atoms with van der Waals surface area (Å²) in [6.45, 7) is 2.98. The van der Waals surface area contributed by atoms with Crippen molar-refractivity contribution in [2.24, 2.45) is 0 Å². The average Bonchev–Trinajstić information content (AvgIpc) is 3.04. The van der Waals surface area contributed by atoms with Gasteiger partial charge in [-0.05, 0) is 31.5 Å². The van der Waals surface area contributed by atoms with Crippen LogP contribution in [-0.2, 0) is 4.74 Å². The molecule has 1 aliphatic heterocycles. The quantitative estimate of drug-likeness (QED) is 0.887. The molecule has 0 spiro atoms. The molecular formula is C18H21N3O4. The SMILES string of the molecule is COC1(COc2ccccc2)CCN(C(=O)c2cc(C)[nH]c(=O)n2)C1. The van der Waals surface area contributed by atoms with E-state index in [2.05, 4.69) is 9.97 Å². The standard InChI is InChI=1S/C18H21N3O4/c1-13-10-15(20-17(23)19-13)16(22)21-9-8-18(11-21,24-2)12-25-14-6-4-3-5-7-14/h3-7,10H,8-9,11-12H2,1-2H3,(H,19,20,23). The highest BCUT2D eigenvalue weighted by Gasteiger charge is 2.41. The van der Waals surface area contributed by atoms with Crippen LogP contribution in [0.25, 0.3) is 0 Å². The Morgan fingerprint density at radius 3 is 2.80 bits per heavy atom. The van der Waals surface area contributed by atoms with Gasteiger partial charge in [0.05, 0.1) is 6.54 Å². The third-order valence-electron chi connectivity index (χ3n) is 4.38. The third kappa shape index (κ3) is 3.88. The molecule has 1 unspecified atom stereocenters. The number of likely N-dealkylation sites (tertiary alicyclic amines) is 1. The fourth-order valence-electron chi connectivity index (χ4n) is 2.94. The summed E-state index contributed by atoms with van der Waals surface area (Å²) in [5.74, 6) is 0.489. The van der Waals surface area contributed by atoms with Crippen molar-refractivity contribution in [1.29, 1.82) is 0 Å². The summed E-state index contributed by atoms with van der Waals surface area (Å²) in [6, 6.07) is 11.1. The van der Waals surface area contributed by atoms with Gasteiger partial charge in [-0.1, -0.05) is 18.2 Å². The van der Waals surface area contributed by atoms with E-state index in [0.29, 0.717) is 31.8 Å². The minimum atomic E-state index is -0.568. The maximum atomic E-state index is 12.6. The molecule has 132 valence electrons. The number of aromatic amines is 1. The lowest BCUT2D eigenvalue weighted by Gasteiger charge is -2.27. The number of rotatable bonds is 5. The first-order valence-corrected chi connectivity index (χ1v) is 8.12. The van der Waals surface area contributed by atoms with Crippen LogP contribution in [0, 0.1) is 6.92 Å². The molecule has 1 saturated heterocycles. The summed E-state index contributed by atoms with van der Waals surface area (Å²) in [5, 5.41) is 0. The van der Waals surface area contributed by atoms with Gasteiger partial charge < -0.3 is 19.4 Å². The first-order valence-electron chi connectivity index (χ1n) is 8.12. The first kappa shape index (κ1) is 17.2. The van der Waals surface area contributed by atoms with E-state index in [1.54, 1.807) is 25.0 Å². The van der Waals surface area contributed by atoms with Crippen LogP contribution in [0.4, 0.5) is 0 Å². The van der Waals surface area contributed by atoms with Gasteiger partial charge in [0.15, 0.2) is 0 Å². The van der Waals surface area contributed by atoms with E-state index in [0.717, 1.165) is 5.75 Å². The highest BCUT2D eigenvalue weighted by atomic mass is 16.5. The predicted molar refractivity (Wildman–Crippen MR) is 91.8 cm³/mol. The highest BCUT2D eigenvalue weighted by Crippen LogP contribution is 2.27. The minimum absolute atomic E-state index is 0.150. The van der Waals surface area contributed by atoms with Gasteiger partial charge in [-0.3, -0.25) is 4.79 Å². The number of aromatic nitrogens is 2. The van der Waals surface area contributed by atoms with Gasteiger partial charge in [0, 0.05) is 19.3 Å². The lowest BCUT2D eigenvalue weighted by molar-refractivity contribution is -0.0342. The number of hydrogen-bond donors (Lipinski definition) is 1. The monoisotopic (exact) mass is 343 g/mol. The van der Waals surface area contributed by atoms with Crippen LogP contribution < -0.4 is 10.4 Å². The molecule has 0 radical (unpaired) electrons. The molecule has 1 atom stereocenters. The maximum Gasteiger partial charge on any atom is 0.345 e. The molecule has 7 heteroatoms. The van der Waals surface area contributed by atoms with Crippen molar-refractivity contribution in [3.63, 3.8) is 0 Å². The minimum Gasteiger partial charge on any atom is -0.491 e. The number of carbonyl (C=O) groups excluding carboxylic acids is 1. The van der Waals surface area contributed by atoms with Gasteiger partial charge in [-0.2, -0.15) is 4.98 Å². The molecule has 1 aromatic heterocycles. The van der Waals surface area contributed by atoms with Gasteiger partial charge in [0.1, 0.15) is 23.7 Å². The van der Waals surface area contributed by atoms with Crippen molar-refractivity contribution in [2.75, 3.05) is 26.8 Å². The molecule has 2 heterocycles. The van der Waals surface area contributed by atoms with E-state index in [1.165, 1.54) is 0 Å². The van der Waals surface area contributed by atoms with Crippen molar-refractivity contribution in [1.82, 2.24) is 14.9 Å². The highest BCUT2D eigenvalue weighted by molar-refractivity contribution is 5.92. The number of methoxy groups -OCH3 is 1. The van der Waals surface area contributed by atoms with Crippen LogP contribution in [0.2, 0.25) is 0 Å². The maximum absolute atomic E-state index is 12.6. The zero-order valence-corrected chi connectivity index (χ0v) is 14.3. The van der Waals surface area contributed by atoms with E-state index in [9.17, 15) is 9.59 Å². The number of amides is 1. The number of ether oxygens (including phenoxy) is 2. The van der Waals surface area contributed by atoms with Gasteiger partial charge in [-0.25, -0.2) is 4.79 Å². The predicted octanol–water partition coefficient (Wildman–Crippen LogP) is 1.39. The largest absolute Gasteiger partial charge is 0.491 e. The molecule has 7 nitrogen and oxygen atoms in total. The van der Waals surface area contributed by atoms with E-state index in [1.807, 2.05) is 30.3 Å². The van der Waals surface area contributed by atoms with Crippen molar-refractivity contribution < 1.29 is 14.3 Å². The number of carbonyl (C=O) groups is 1. The van der Waals surface area contributed by atoms with E-state index < -0.39 is 11.3 Å². The Morgan fingerprint density at radius 1 is 1.36 bits per heavy atom. The summed E-state index contributed by atoms with van der Waals surface area (Å²) in [4.78, 5) is 32.1. The molecule has 1 N–H and O–H groups in total. The summed E-state index contributed by atoms with van der Waals surface area (Å²) in [6.07, 6.45) is 0.657. The van der Waals surface area contributed by atoms with Crippen molar-refractivity contribution in [2.45, 2.75) is 18.9 Å². The Labute approximate surface area is 145 Å². The Balaban J connectivity index is 1.69. The first-order chi connectivity index (χ1) is 12.0.